The fourth-order valence-electron chi connectivity index (χ4n) is 2.36. The van der Waals surface area contributed by atoms with E-state index in [9.17, 15) is 5.11 Å². The van der Waals surface area contributed by atoms with Crippen molar-refractivity contribution in [1.29, 1.82) is 0 Å². The first-order chi connectivity index (χ1) is 10.1. The second kappa shape index (κ2) is 8.22. The van der Waals surface area contributed by atoms with E-state index in [1.165, 1.54) is 19.3 Å². The summed E-state index contributed by atoms with van der Waals surface area (Å²) in [6.45, 7) is 2.86. The maximum absolute atomic E-state index is 9.93. The van der Waals surface area contributed by atoms with Crippen LogP contribution in [0.15, 0.2) is 29.4 Å². The fraction of sp³-hybridized carbons (Fsp3) is 0.533. The molecule has 3 N–H and O–H groups in total. The van der Waals surface area contributed by atoms with Crippen molar-refractivity contribution >= 4 is 17.4 Å². The molecule has 1 unspecified atom stereocenters. The topological polar surface area (TPSA) is 71.1 Å². The molecule has 116 valence electrons. The lowest BCUT2D eigenvalue weighted by atomic mass is 10.1. The average molecular weight is 312 g/mol. The number of rotatable bonds is 6. The maximum Gasteiger partial charge on any atom is 0.170 e. The van der Waals surface area contributed by atoms with Gasteiger partial charge in [-0.05, 0) is 50.2 Å². The third-order valence-electron chi connectivity index (χ3n) is 3.49. The second-order valence-electron chi connectivity index (χ2n) is 5.29. The van der Waals surface area contributed by atoms with Crippen LogP contribution in [0.4, 0.5) is 0 Å². The van der Waals surface area contributed by atoms with Crippen LogP contribution in [0.2, 0.25) is 5.02 Å². The number of aliphatic hydroxyl groups is 1. The van der Waals surface area contributed by atoms with E-state index in [0.717, 1.165) is 18.7 Å². The van der Waals surface area contributed by atoms with E-state index < -0.39 is 6.10 Å². The van der Waals surface area contributed by atoms with E-state index in [1.54, 1.807) is 24.3 Å². The molecular formula is C15H22ClN3O2. The summed E-state index contributed by atoms with van der Waals surface area (Å²) >= 11 is 5.81. The highest BCUT2D eigenvalue weighted by molar-refractivity contribution is 6.30. The normalized spacial score (nSPS) is 18.5. The lowest BCUT2D eigenvalue weighted by molar-refractivity contribution is 0.0157. The van der Waals surface area contributed by atoms with Crippen molar-refractivity contribution in [2.24, 2.45) is 10.9 Å². The van der Waals surface area contributed by atoms with E-state index in [1.807, 2.05) is 0 Å². The van der Waals surface area contributed by atoms with Crippen LogP contribution in [0.3, 0.4) is 0 Å². The Morgan fingerprint density at radius 2 is 1.95 bits per heavy atom. The molecule has 0 radical (unpaired) electrons. The molecule has 0 saturated carbocycles. The molecule has 0 aliphatic carbocycles. The van der Waals surface area contributed by atoms with Crippen LogP contribution in [-0.2, 0) is 4.84 Å². The predicted molar refractivity (Wildman–Crippen MR) is 84.4 cm³/mol. The second-order valence-corrected chi connectivity index (χ2v) is 5.73. The first-order valence-corrected chi connectivity index (χ1v) is 7.65. The summed E-state index contributed by atoms with van der Waals surface area (Å²) in [6, 6.07) is 7.03. The van der Waals surface area contributed by atoms with Crippen LogP contribution in [0.25, 0.3) is 0 Å². The minimum Gasteiger partial charge on any atom is -0.391 e. The van der Waals surface area contributed by atoms with Crippen molar-refractivity contribution in [3.8, 4) is 0 Å². The number of nitrogens with two attached hydrogens (primary N) is 1. The van der Waals surface area contributed by atoms with Crippen LogP contribution in [-0.4, -0.2) is 48.2 Å². The van der Waals surface area contributed by atoms with Gasteiger partial charge in [0.2, 0.25) is 0 Å². The van der Waals surface area contributed by atoms with E-state index >= 15 is 0 Å². The smallest absolute Gasteiger partial charge is 0.170 e. The molecule has 2 rings (SSSR count). The molecule has 1 saturated heterocycles. The molecule has 0 aromatic heterocycles. The van der Waals surface area contributed by atoms with Crippen molar-refractivity contribution < 1.29 is 9.94 Å². The molecule has 0 bridgehead atoms. The van der Waals surface area contributed by atoms with Gasteiger partial charge < -0.3 is 20.6 Å². The van der Waals surface area contributed by atoms with Crippen LogP contribution in [0.1, 0.15) is 24.8 Å². The zero-order valence-electron chi connectivity index (χ0n) is 12.0. The standard InChI is InChI=1S/C15H22ClN3O2/c16-13-6-4-12(5-7-13)15(17)18-21-11-14(20)10-19-8-2-1-3-9-19/h4-7,14,20H,1-3,8-11H2,(H2,17,18). The van der Waals surface area contributed by atoms with E-state index in [-0.39, 0.29) is 12.4 Å². The number of β-amino-alcohol motifs (C(OH)–C–C–N with tert-alkyl or cyclic N) is 1. The van der Waals surface area contributed by atoms with Crippen LogP contribution in [0, 0.1) is 0 Å². The van der Waals surface area contributed by atoms with Gasteiger partial charge in [-0.2, -0.15) is 0 Å². The van der Waals surface area contributed by atoms with Gasteiger partial charge in [0.1, 0.15) is 12.7 Å². The van der Waals surface area contributed by atoms with Gasteiger partial charge in [0, 0.05) is 17.1 Å². The van der Waals surface area contributed by atoms with Gasteiger partial charge in [-0.25, -0.2) is 0 Å². The predicted octanol–water partition coefficient (Wildman–Crippen LogP) is 1.82. The zero-order valence-corrected chi connectivity index (χ0v) is 12.8. The monoisotopic (exact) mass is 311 g/mol. The molecule has 6 heteroatoms. The molecule has 21 heavy (non-hydrogen) atoms. The summed E-state index contributed by atoms with van der Waals surface area (Å²) < 4.78 is 0. The Bertz CT molecular complexity index is 458. The lowest BCUT2D eigenvalue weighted by Gasteiger charge is -2.27. The highest BCUT2D eigenvalue weighted by Crippen LogP contribution is 2.10. The quantitative estimate of drug-likeness (QED) is 0.477. The van der Waals surface area contributed by atoms with E-state index in [4.69, 9.17) is 22.2 Å². The molecule has 1 aromatic carbocycles. The van der Waals surface area contributed by atoms with Crippen LogP contribution in [0.5, 0.6) is 0 Å². The first-order valence-electron chi connectivity index (χ1n) is 7.27. The van der Waals surface area contributed by atoms with Gasteiger partial charge in [-0.15, -0.1) is 0 Å². The van der Waals surface area contributed by atoms with Crippen LogP contribution < -0.4 is 5.73 Å². The largest absolute Gasteiger partial charge is 0.391 e. The van der Waals surface area contributed by atoms with Crippen molar-refractivity contribution in [3.63, 3.8) is 0 Å². The number of halogens is 1. The number of piperidine rings is 1. The third-order valence-corrected chi connectivity index (χ3v) is 3.74. The SMILES string of the molecule is N/C(=N\OCC(O)CN1CCCCC1)c1ccc(Cl)cc1. The number of oxime groups is 1. The fourth-order valence-corrected chi connectivity index (χ4v) is 2.48. The zero-order chi connectivity index (χ0) is 15.1. The summed E-state index contributed by atoms with van der Waals surface area (Å²) in [7, 11) is 0. The Balaban J connectivity index is 1.74. The molecule has 0 spiro atoms. The summed E-state index contributed by atoms with van der Waals surface area (Å²) in [5.41, 5.74) is 6.55. The maximum atomic E-state index is 9.93. The molecule has 1 heterocycles. The number of amidine groups is 1. The molecular weight excluding hydrogens is 290 g/mol. The minimum atomic E-state index is -0.551. The third kappa shape index (κ3) is 5.53. The summed E-state index contributed by atoms with van der Waals surface area (Å²) in [4.78, 5) is 7.39. The van der Waals surface area contributed by atoms with Crippen molar-refractivity contribution in [3.05, 3.63) is 34.9 Å². The highest BCUT2D eigenvalue weighted by Gasteiger charge is 2.14. The Hall–Kier alpha value is -1.30. The lowest BCUT2D eigenvalue weighted by Crippen LogP contribution is -2.38. The van der Waals surface area contributed by atoms with Crippen molar-refractivity contribution in [2.45, 2.75) is 25.4 Å². The molecule has 1 aliphatic rings. The first kappa shape index (κ1) is 16.1. The Kier molecular flexibility index (Phi) is 6.29. The molecule has 1 aromatic rings. The van der Waals surface area contributed by atoms with E-state index in [2.05, 4.69) is 10.1 Å². The molecule has 1 aliphatic heterocycles. The van der Waals surface area contributed by atoms with Gasteiger partial charge in [0.05, 0.1) is 0 Å². The Labute approximate surface area is 130 Å². The van der Waals surface area contributed by atoms with Gasteiger partial charge in [-0.1, -0.05) is 23.2 Å². The van der Waals surface area contributed by atoms with E-state index in [0.29, 0.717) is 11.6 Å². The number of benzene rings is 1. The van der Waals surface area contributed by atoms with Crippen molar-refractivity contribution in [2.75, 3.05) is 26.2 Å². The molecule has 5 nitrogen and oxygen atoms in total. The Morgan fingerprint density at radius 1 is 1.29 bits per heavy atom. The van der Waals surface area contributed by atoms with Gasteiger partial charge in [0.15, 0.2) is 5.84 Å². The molecule has 1 fully saturated rings. The summed E-state index contributed by atoms with van der Waals surface area (Å²) in [5.74, 6) is 0.275. The van der Waals surface area contributed by atoms with Gasteiger partial charge in [-0.3, -0.25) is 0 Å². The highest BCUT2D eigenvalue weighted by atomic mass is 35.5. The number of hydrogen-bond acceptors (Lipinski definition) is 4. The van der Waals surface area contributed by atoms with Gasteiger partial charge >= 0.3 is 0 Å². The van der Waals surface area contributed by atoms with Gasteiger partial charge in [0.25, 0.3) is 0 Å². The number of likely N-dealkylation sites (tertiary alicyclic amines) is 1. The average Bonchev–Trinajstić information content (AvgIpc) is 2.49. The number of aliphatic hydroxyl groups excluding tert-OH is 1. The number of nitrogens with zero attached hydrogens (tertiary/aromatic N) is 2. The summed E-state index contributed by atoms with van der Waals surface area (Å²) in [6.07, 6.45) is 3.14. The minimum absolute atomic E-state index is 0.144. The summed E-state index contributed by atoms with van der Waals surface area (Å²) in [5, 5.41) is 14.4. The van der Waals surface area contributed by atoms with Crippen molar-refractivity contribution in [1.82, 2.24) is 4.90 Å². The number of hydrogen-bond donors (Lipinski definition) is 2. The van der Waals surface area contributed by atoms with Crippen LogP contribution >= 0.6 is 11.6 Å². The Morgan fingerprint density at radius 3 is 2.62 bits per heavy atom. The molecule has 1 atom stereocenters. The molecule has 0 amide bonds.